The second-order valence-electron chi connectivity index (χ2n) is 27.7. The Kier molecular flexibility index (Phi) is 9.24. The van der Waals surface area contributed by atoms with E-state index in [-0.39, 0.29) is 50.0 Å². The molecule has 3 aliphatic carbocycles. The van der Waals surface area contributed by atoms with E-state index in [1.54, 1.807) is 0 Å². The van der Waals surface area contributed by atoms with Crippen molar-refractivity contribution in [3.8, 4) is 0 Å². The van der Waals surface area contributed by atoms with Crippen LogP contribution in [0.2, 0.25) is 0 Å². The maximum absolute atomic E-state index is 2.77. The topological polar surface area (TPSA) is 6.48 Å². The zero-order valence-corrected chi connectivity index (χ0v) is 43.9. The molecule has 0 atom stereocenters. The van der Waals surface area contributed by atoms with Gasteiger partial charge >= 0.3 is 0 Å². The second-order valence-corrected chi connectivity index (χ2v) is 27.7. The van der Waals surface area contributed by atoms with Gasteiger partial charge in [0.2, 0.25) is 0 Å². The zero-order chi connectivity index (χ0) is 47.1. The normalized spacial score (nSPS) is 21.2. The van der Waals surface area contributed by atoms with E-state index < -0.39 is 0 Å². The lowest BCUT2D eigenvalue weighted by Crippen LogP contribution is -2.62. The quantitative estimate of drug-likeness (QED) is 0.160. The summed E-state index contributed by atoms with van der Waals surface area (Å²) >= 11 is 0. The molecule has 10 rings (SSSR count). The van der Waals surface area contributed by atoms with Crippen LogP contribution < -0.4 is 26.2 Å². The fourth-order valence-electron chi connectivity index (χ4n) is 13.6. The van der Waals surface area contributed by atoms with Crippen molar-refractivity contribution in [2.24, 2.45) is 0 Å². The third-order valence-electron chi connectivity index (χ3n) is 17.8. The van der Waals surface area contributed by atoms with Gasteiger partial charge in [-0.1, -0.05) is 155 Å². The highest BCUT2D eigenvalue weighted by atomic mass is 15.2. The van der Waals surface area contributed by atoms with Gasteiger partial charge in [0.1, 0.15) is 0 Å². The third-order valence-corrected chi connectivity index (χ3v) is 17.8. The van der Waals surface area contributed by atoms with Gasteiger partial charge in [0.25, 0.3) is 6.71 Å². The van der Waals surface area contributed by atoms with E-state index in [0.717, 1.165) is 6.42 Å². The van der Waals surface area contributed by atoms with Crippen molar-refractivity contribution in [2.75, 3.05) is 9.80 Å². The molecule has 0 radical (unpaired) electrons. The molecule has 0 saturated heterocycles. The smallest absolute Gasteiger partial charge is 0.252 e. The monoisotopic (exact) mass is 863 g/mol. The van der Waals surface area contributed by atoms with Crippen LogP contribution in [0.1, 0.15) is 207 Å². The number of anilines is 6. The number of hydrogen-bond acceptors (Lipinski definition) is 2. The summed E-state index contributed by atoms with van der Waals surface area (Å²) in [5, 5.41) is 0. The third kappa shape index (κ3) is 6.60. The van der Waals surface area contributed by atoms with E-state index in [1.807, 2.05) is 0 Å². The number of rotatable bonds is 2. The average molecular weight is 863 g/mol. The first-order valence-electron chi connectivity index (χ1n) is 25.3. The Balaban J connectivity index is 1.37. The van der Waals surface area contributed by atoms with Crippen LogP contribution in [-0.4, -0.2) is 6.71 Å². The first-order valence-corrected chi connectivity index (χ1v) is 25.3. The van der Waals surface area contributed by atoms with Crippen molar-refractivity contribution >= 4 is 57.2 Å². The fraction of sp³-hybridized carbons (Fsp3) is 0.516. The molecule has 0 spiro atoms. The van der Waals surface area contributed by atoms with Crippen molar-refractivity contribution in [1.82, 2.24) is 0 Å². The molecule has 0 fully saturated rings. The first-order chi connectivity index (χ1) is 29.8. The molecule has 2 heterocycles. The Labute approximate surface area is 395 Å². The SMILES string of the molecule is Cc1cc2c(cc1N1c3cc4c(cc3B3c5cc(C(C)(C)C)ccc5N(c5ccc6c(c5)C(C)(C)CCC6(C)C)c5cc(C(C)(C)C)cc1c53)C(C)(C)CCC4(C)C)C(C)(C)CC2(C)C. The lowest BCUT2D eigenvalue weighted by Gasteiger charge is -2.48. The average Bonchev–Trinajstić information content (AvgIpc) is 3.37. The predicted molar refractivity (Wildman–Crippen MR) is 284 cm³/mol. The van der Waals surface area contributed by atoms with Crippen LogP contribution in [0.15, 0.2) is 72.8 Å². The number of benzene rings is 5. The molecule has 3 heteroatoms. The van der Waals surface area contributed by atoms with Crippen molar-refractivity contribution in [3.05, 3.63) is 123 Å². The van der Waals surface area contributed by atoms with Gasteiger partial charge in [-0.15, -0.1) is 0 Å². The first kappa shape index (κ1) is 44.6. The predicted octanol–water partition coefficient (Wildman–Crippen LogP) is 15.3. The van der Waals surface area contributed by atoms with Gasteiger partial charge in [0.05, 0.1) is 0 Å². The molecule has 0 unspecified atom stereocenters. The molecule has 0 amide bonds. The summed E-state index contributed by atoms with van der Waals surface area (Å²) in [7, 11) is 0. The molecular weight excluding hydrogens is 784 g/mol. The molecule has 2 aliphatic heterocycles. The maximum Gasteiger partial charge on any atom is 0.252 e. The van der Waals surface area contributed by atoms with E-state index >= 15 is 0 Å². The summed E-state index contributed by atoms with van der Waals surface area (Å²) < 4.78 is 0. The van der Waals surface area contributed by atoms with Gasteiger partial charge < -0.3 is 9.80 Å². The molecule has 0 bridgehead atoms. The lowest BCUT2D eigenvalue weighted by atomic mass is 9.32. The molecule has 5 aromatic carbocycles. The summed E-state index contributed by atoms with van der Waals surface area (Å²) in [6.07, 6.45) is 5.93. The summed E-state index contributed by atoms with van der Waals surface area (Å²) in [4.78, 5) is 5.46. The maximum atomic E-state index is 2.77. The molecule has 65 heavy (non-hydrogen) atoms. The molecule has 0 aromatic heterocycles. The Bertz CT molecular complexity index is 2840. The molecule has 5 aliphatic rings. The van der Waals surface area contributed by atoms with E-state index in [0.29, 0.717) is 0 Å². The van der Waals surface area contributed by atoms with E-state index in [1.165, 1.54) is 126 Å². The van der Waals surface area contributed by atoms with Crippen LogP contribution in [0.25, 0.3) is 0 Å². The number of fused-ring (bicyclic) bond motifs is 7. The van der Waals surface area contributed by atoms with Crippen molar-refractivity contribution in [1.29, 1.82) is 0 Å². The van der Waals surface area contributed by atoms with Crippen molar-refractivity contribution < 1.29 is 0 Å². The van der Waals surface area contributed by atoms with Gasteiger partial charge in [-0.05, 0) is 191 Å². The number of aryl methyl sites for hydroxylation is 1. The van der Waals surface area contributed by atoms with Crippen molar-refractivity contribution in [2.45, 2.75) is 207 Å². The minimum Gasteiger partial charge on any atom is -0.311 e. The van der Waals surface area contributed by atoms with Crippen LogP contribution in [0.5, 0.6) is 0 Å². The molecule has 0 N–H and O–H groups in total. The summed E-state index contributed by atoms with van der Waals surface area (Å²) in [5.74, 6) is 0. The molecule has 5 aromatic rings. The minimum absolute atomic E-state index is 0.00596. The Hall–Kier alpha value is -4.24. The van der Waals surface area contributed by atoms with Gasteiger partial charge in [-0.2, -0.15) is 0 Å². The van der Waals surface area contributed by atoms with Crippen LogP contribution in [0.3, 0.4) is 0 Å². The largest absolute Gasteiger partial charge is 0.311 e. The summed E-state index contributed by atoms with van der Waals surface area (Å²) in [6.45, 7) is 46.6. The fourth-order valence-corrected chi connectivity index (χ4v) is 13.6. The number of hydrogen-bond donors (Lipinski definition) is 0. The van der Waals surface area contributed by atoms with E-state index in [4.69, 9.17) is 0 Å². The van der Waals surface area contributed by atoms with Crippen LogP contribution in [-0.2, 0) is 43.3 Å². The van der Waals surface area contributed by atoms with E-state index in [2.05, 4.69) is 214 Å². The van der Waals surface area contributed by atoms with E-state index in [9.17, 15) is 0 Å². The Morgan fingerprint density at radius 2 is 0.862 bits per heavy atom. The van der Waals surface area contributed by atoms with Gasteiger partial charge in [0.15, 0.2) is 0 Å². The second kappa shape index (κ2) is 13.5. The molecule has 2 nitrogen and oxygen atoms in total. The van der Waals surface area contributed by atoms with Crippen molar-refractivity contribution in [3.63, 3.8) is 0 Å². The van der Waals surface area contributed by atoms with Crippen LogP contribution >= 0.6 is 0 Å². The zero-order valence-electron chi connectivity index (χ0n) is 43.9. The molecular formula is C62H79BN2. The highest BCUT2D eigenvalue weighted by molar-refractivity contribution is 7.00. The molecule has 340 valence electrons. The minimum atomic E-state index is -0.0856. The molecule has 0 saturated carbocycles. The number of nitrogens with zero attached hydrogens (tertiary/aromatic N) is 2. The van der Waals surface area contributed by atoms with Gasteiger partial charge in [0, 0.05) is 34.1 Å². The Morgan fingerprint density at radius 1 is 0.400 bits per heavy atom. The summed E-state index contributed by atoms with van der Waals surface area (Å²) in [5.41, 5.74) is 26.0. The highest BCUT2D eigenvalue weighted by Crippen LogP contribution is 2.56. The standard InChI is InChI=1S/C62H79BN2/c1-37-28-42-46(62(18,19)36-61(42,16)17)34-50(37)65-51-35-45-44(59(12,13)26-27-60(45,14)15)33-48(51)63-47-29-38(55(2,3)4)20-23-49(47)64(52-30-39(56(5,6)7)31-53(65)54(52)63)40-21-22-41-43(32-40)58(10,11)25-24-57(41,8)9/h20-23,28-35H,24-27,36H2,1-19H3. The van der Waals surface area contributed by atoms with Gasteiger partial charge in [-0.3, -0.25) is 0 Å². The van der Waals surface area contributed by atoms with Crippen LogP contribution in [0.4, 0.5) is 34.1 Å². The van der Waals surface area contributed by atoms with Gasteiger partial charge in [-0.25, -0.2) is 0 Å². The Morgan fingerprint density at radius 3 is 1.43 bits per heavy atom. The van der Waals surface area contributed by atoms with Crippen LogP contribution in [0, 0.1) is 6.92 Å². The lowest BCUT2D eigenvalue weighted by molar-refractivity contribution is 0.332. The summed E-state index contributed by atoms with van der Waals surface area (Å²) in [6, 6.07) is 30.9. The highest BCUT2D eigenvalue weighted by Gasteiger charge is 2.49.